The Morgan fingerprint density at radius 1 is 1.03 bits per heavy atom. The zero-order chi connectivity index (χ0) is 23.7. The van der Waals surface area contributed by atoms with Gasteiger partial charge < -0.3 is 9.72 Å². The summed E-state index contributed by atoms with van der Waals surface area (Å²) in [5.74, 6) is 0.387. The van der Waals surface area contributed by atoms with E-state index in [2.05, 4.69) is 11.9 Å². The van der Waals surface area contributed by atoms with Crippen molar-refractivity contribution in [1.82, 2.24) is 9.55 Å². The minimum Gasteiger partial charge on any atom is -0.381 e. The van der Waals surface area contributed by atoms with Gasteiger partial charge in [-0.05, 0) is 73.9 Å². The van der Waals surface area contributed by atoms with Crippen molar-refractivity contribution in [2.45, 2.75) is 69.4 Å². The fraction of sp³-hybridized carbons (Fsp3) is 0.500. The molecule has 0 bridgehead atoms. The lowest BCUT2D eigenvalue weighted by Gasteiger charge is -2.30. The van der Waals surface area contributed by atoms with Crippen LogP contribution in [0, 0.1) is 5.92 Å². The van der Waals surface area contributed by atoms with Crippen molar-refractivity contribution in [1.29, 1.82) is 0 Å². The van der Waals surface area contributed by atoms with E-state index < -0.39 is 10.0 Å². The molecule has 2 fully saturated rings. The van der Waals surface area contributed by atoms with Gasteiger partial charge in [0.2, 0.25) is 0 Å². The number of aromatic amines is 1. The minimum atomic E-state index is -3.79. The fourth-order valence-corrected chi connectivity index (χ4v) is 7.08. The number of rotatable bonds is 7. The summed E-state index contributed by atoms with van der Waals surface area (Å²) in [6.07, 6.45) is 6.55. The summed E-state index contributed by atoms with van der Waals surface area (Å²) in [5, 5.41) is 0. The van der Waals surface area contributed by atoms with Crippen LogP contribution in [0.3, 0.4) is 0 Å². The van der Waals surface area contributed by atoms with E-state index in [1.807, 2.05) is 24.3 Å². The van der Waals surface area contributed by atoms with Gasteiger partial charge in [-0.15, -0.1) is 0 Å². The molecular formula is C26H33N3O4S. The number of anilines is 1. The number of H-pyrrole nitrogens is 1. The van der Waals surface area contributed by atoms with Crippen molar-refractivity contribution < 1.29 is 13.2 Å². The first-order chi connectivity index (χ1) is 16.5. The molecule has 5 rings (SSSR count). The predicted molar refractivity (Wildman–Crippen MR) is 134 cm³/mol. The van der Waals surface area contributed by atoms with Crippen LogP contribution in [0.1, 0.15) is 51.0 Å². The van der Waals surface area contributed by atoms with E-state index in [9.17, 15) is 13.2 Å². The molecule has 7 nitrogen and oxygen atoms in total. The Balaban J connectivity index is 1.51. The Bertz CT molecular complexity index is 1300. The average molecular weight is 484 g/mol. The maximum Gasteiger partial charge on any atom is 0.326 e. The quantitative estimate of drug-likeness (QED) is 0.538. The Kier molecular flexibility index (Phi) is 6.53. The molecule has 0 unspecified atom stereocenters. The summed E-state index contributed by atoms with van der Waals surface area (Å²) in [6.45, 7) is 4.15. The molecule has 0 atom stereocenters. The van der Waals surface area contributed by atoms with Crippen LogP contribution < -0.4 is 9.99 Å². The monoisotopic (exact) mass is 483 g/mol. The first-order valence-electron chi connectivity index (χ1n) is 12.4. The molecule has 1 aliphatic carbocycles. The van der Waals surface area contributed by atoms with Gasteiger partial charge >= 0.3 is 5.69 Å². The number of aryl methyl sites for hydroxylation is 1. The summed E-state index contributed by atoms with van der Waals surface area (Å²) < 4.78 is 36.7. The van der Waals surface area contributed by atoms with Crippen LogP contribution in [0.15, 0.2) is 52.2 Å². The maximum atomic E-state index is 13.9. The van der Waals surface area contributed by atoms with Gasteiger partial charge in [-0.25, -0.2) is 13.2 Å². The van der Waals surface area contributed by atoms with Gasteiger partial charge in [0.1, 0.15) is 0 Å². The van der Waals surface area contributed by atoms with Crippen LogP contribution in [-0.4, -0.2) is 37.2 Å². The molecule has 2 aliphatic rings. The number of fused-ring (bicyclic) bond motifs is 1. The topological polar surface area (TPSA) is 84.4 Å². The molecule has 3 aromatic rings. The molecule has 0 radical (unpaired) electrons. The third-order valence-corrected chi connectivity index (χ3v) is 9.22. The van der Waals surface area contributed by atoms with Crippen LogP contribution in [0.4, 0.5) is 5.69 Å². The molecule has 1 saturated carbocycles. The lowest BCUT2D eigenvalue weighted by atomic mass is 10.0. The summed E-state index contributed by atoms with van der Waals surface area (Å²) in [5.41, 5.74) is 2.99. The highest BCUT2D eigenvalue weighted by Crippen LogP contribution is 2.34. The Hall–Kier alpha value is -2.58. The van der Waals surface area contributed by atoms with Crippen LogP contribution in [0.25, 0.3) is 11.0 Å². The zero-order valence-electron chi connectivity index (χ0n) is 19.7. The van der Waals surface area contributed by atoms with E-state index in [-0.39, 0.29) is 16.6 Å². The van der Waals surface area contributed by atoms with Crippen molar-refractivity contribution in [2.24, 2.45) is 5.92 Å². The van der Waals surface area contributed by atoms with Gasteiger partial charge in [0.15, 0.2) is 0 Å². The summed E-state index contributed by atoms with van der Waals surface area (Å²) in [4.78, 5) is 15.8. The highest BCUT2D eigenvalue weighted by molar-refractivity contribution is 7.92. The molecule has 8 heteroatoms. The first kappa shape index (κ1) is 23.2. The molecule has 2 aromatic carbocycles. The maximum absolute atomic E-state index is 13.9. The van der Waals surface area contributed by atoms with Gasteiger partial charge in [0, 0.05) is 25.8 Å². The molecular weight excluding hydrogens is 450 g/mol. The third kappa shape index (κ3) is 4.41. The fourth-order valence-electron chi connectivity index (χ4n) is 5.35. The van der Waals surface area contributed by atoms with Gasteiger partial charge in [-0.1, -0.05) is 31.9 Å². The number of ether oxygens (including phenoxy) is 1. The lowest BCUT2D eigenvalue weighted by Crippen LogP contribution is -2.39. The van der Waals surface area contributed by atoms with E-state index in [1.165, 1.54) is 5.56 Å². The van der Waals surface area contributed by atoms with Crippen LogP contribution in [-0.2, 0) is 27.7 Å². The number of imidazole rings is 1. The number of aromatic nitrogens is 2. The second-order valence-electron chi connectivity index (χ2n) is 9.53. The van der Waals surface area contributed by atoms with E-state index in [1.54, 1.807) is 27.1 Å². The van der Waals surface area contributed by atoms with Crippen molar-refractivity contribution >= 4 is 26.7 Å². The third-order valence-electron chi connectivity index (χ3n) is 7.34. The SMILES string of the molecule is CCc1ccc(N(C2CCCC2)S(=O)(=O)c2ccc3c(c2)[nH]c(=O)n3CC2CCOCC2)cc1. The molecule has 1 saturated heterocycles. The van der Waals surface area contributed by atoms with Crippen LogP contribution in [0.2, 0.25) is 0 Å². The second-order valence-corrected chi connectivity index (χ2v) is 11.3. The normalized spacial score (nSPS) is 18.0. The second kappa shape index (κ2) is 9.58. The molecule has 0 amide bonds. The summed E-state index contributed by atoms with van der Waals surface area (Å²) in [6, 6.07) is 12.8. The van der Waals surface area contributed by atoms with E-state index >= 15 is 0 Å². The smallest absolute Gasteiger partial charge is 0.326 e. The number of sulfonamides is 1. The van der Waals surface area contributed by atoms with Crippen molar-refractivity contribution in [3.05, 3.63) is 58.5 Å². The highest BCUT2D eigenvalue weighted by atomic mass is 32.2. The zero-order valence-corrected chi connectivity index (χ0v) is 20.5. The number of hydrogen-bond acceptors (Lipinski definition) is 4. The van der Waals surface area contributed by atoms with Gasteiger partial charge in [0.25, 0.3) is 10.0 Å². The number of nitrogens with one attached hydrogen (secondary N) is 1. The standard InChI is InChI=1S/C26H33N3O4S/c1-2-19-7-9-22(10-8-19)29(21-5-3-4-6-21)34(31,32)23-11-12-25-24(17-23)27-26(30)28(25)18-20-13-15-33-16-14-20/h7-12,17,20-21H,2-6,13-16,18H2,1H3,(H,27,30). The number of nitrogens with zero attached hydrogens (tertiary/aromatic N) is 2. The van der Waals surface area contributed by atoms with Gasteiger partial charge in [-0.3, -0.25) is 8.87 Å². The minimum absolute atomic E-state index is 0.0506. The molecule has 182 valence electrons. The van der Waals surface area contributed by atoms with E-state index in [4.69, 9.17) is 4.74 Å². The summed E-state index contributed by atoms with van der Waals surface area (Å²) >= 11 is 0. The van der Waals surface area contributed by atoms with Crippen molar-refractivity contribution in [3.8, 4) is 0 Å². The highest BCUT2D eigenvalue weighted by Gasteiger charge is 2.34. The van der Waals surface area contributed by atoms with E-state index in [0.29, 0.717) is 23.7 Å². The summed E-state index contributed by atoms with van der Waals surface area (Å²) in [7, 11) is -3.79. The van der Waals surface area contributed by atoms with Gasteiger partial charge in [-0.2, -0.15) is 0 Å². The molecule has 34 heavy (non-hydrogen) atoms. The van der Waals surface area contributed by atoms with Gasteiger partial charge in [0.05, 0.1) is 21.6 Å². The van der Waals surface area contributed by atoms with E-state index in [0.717, 1.165) is 63.7 Å². The van der Waals surface area contributed by atoms with Crippen molar-refractivity contribution in [3.63, 3.8) is 0 Å². The Labute approximate surface area is 200 Å². The van der Waals surface area contributed by atoms with Crippen LogP contribution >= 0.6 is 0 Å². The largest absolute Gasteiger partial charge is 0.381 e. The van der Waals surface area contributed by atoms with Crippen LogP contribution in [0.5, 0.6) is 0 Å². The molecule has 0 spiro atoms. The Morgan fingerprint density at radius 3 is 2.41 bits per heavy atom. The first-order valence-corrected chi connectivity index (χ1v) is 13.8. The van der Waals surface area contributed by atoms with Crippen molar-refractivity contribution in [2.75, 3.05) is 17.5 Å². The average Bonchev–Trinajstić information content (AvgIpc) is 3.48. The lowest BCUT2D eigenvalue weighted by molar-refractivity contribution is 0.0613. The molecule has 2 heterocycles. The number of benzene rings is 2. The molecule has 1 aromatic heterocycles. The molecule has 1 aliphatic heterocycles. The molecule has 1 N–H and O–H groups in total. The number of hydrogen-bond donors (Lipinski definition) is 1. The predicted octanol–water partition coefficient (Wildman–Crippen LogP) is 4.46. The Morgan fingerprint density at radius 2 is 1.74 bits per heavy atom.